The van der Waals surface area contributed by atoms with E-state index in [0.29, 0.717) is 17.7 Å². The molecule has 0 aliphatic rings. The molecule has 3 aromatic rings. The van der Waals surface area contributed by atoms with Gasteiger partial charge in [0.1, 0.15) is 5.76 Å². The molecular formula is C16H15N3O2. The molecule has 2 N–H and O–H groups in total. The van der Waals surface area contributed by atoms with E-state index in [9.17, 15) is 4.79 Å². The Balaban J connectivity index is 1.82. The zero-order valence-corrected chi connectivity index (χ0v) is 11.6. The largest absolute Gasteiger partial charge is 0.469 e. The smallest absolute Gasteiger partial charge is 0.259 e. The first-order valence-electron chi connectivity index (χ1n) is 6.75. The Morgan fingerprint density at radius 1 is 1.33 bits per heavy atom. The van der Waals surface area contributed by atoms with Crippen LogP contribution >= 0.6 is 0 Å². The molecule has 106 valence electrons. The third kappa shape index (κ3) is 2.72. The van der Waals surface area contributed by atoms with Crippen molar-refractivity contribution in [2.75, 3.05) is 5.32 Å². The van der Waals surface area contributed by atoms with Crippen molar-refractivity contribution in [3.8, 4) is 11.3 Å². The van der Waals surface area contributed by atoms with Gasteiger partial charge in [-0.05, 0) is 24.3 Å². The summed E-state index contributed by atoms with van der Waals surface area (Å²) in [6.45, 7) is 1.95. The monoisotopic (exact) mass is 281 g/mol. The van der Waals surface area contributed by atoms with Crippen LogP contribution in [0.1, 0.15) is 23.0 Å². The van der Waals surface area contributed by atoms with Crippen LogP contribution in [0.2, 0.25) is 0 Å². The number of hydrogen-bond donors (Lipinski definition) is 2. The molecule has 0 aliphatic heterocycles. The average molecular weight is 281 g/mol. The van der Waals surface area contributed by atoms with E-state index in [4.69, 9.17) is 4.42 Å². The number of carbonyl (C=O) groups is 1. The van der Waals surface area contributed by atoms with E-state index < -0.39 is 0 Å². The first-order chi connectivity index (χ1) is 10.3. The quantitative estimate of drug-likeness (QED) is 0.769. The minimum absolute atomic E-state index is 0.164. The summed E-state index contributed by atoms with van der Waals surface area (Å²) in [7, 11) is 0. The average Bonchev–Trinajstić information content (AvgIpc) is 3.18. The summed E-state index contributed by atoms with van der Waals surface area (Å²) in [5.41, 5.74) is 3.18. The van der Waals surface area contributed by atoms with Gasteiger partial charge in [-0.15, -0.1) is 0 Å². The molecule has 1 amide bonds. The molecule has 21 heavy (non-hydrogen) atoms. The van der Waals surface area contributed by atoms with Gasteiger partial charge in [-0.1, -0.05) is 19.1 Å². The first kappa shape index (κ1) is 13.2. The fourth-order valence-corrected chi connectivity index (χ4v) is 2.20. The van der Waals surface area contributed by atoms with Crippen molar-refractivity contribution in [2.24, 2.45) is 0 Å². The fourth-order valence-electron chi connectivity index (χ4n) is 2.20. The number of nitrogens with zero attached hydrogens (tertiary/aromatic N) is 1. The van der Waals surface area contributed by atoms with Gasteiger partial charge in [-0.2, -0.15) is 5.10 Å². The Morgan fingerprint density at radius 3 is 3.00 bits per heavy atom. The maximum absolute atomic E-state index is 12.3. The fraction of sp³-hybridized carbons (Fsp3) is 0.125. The Hall–Kier alpha value is -2.82. The molecule has 1 aromatic carbocycles. The zero-order valence-electron chi connectivity index (χ0n) is 11.6. The molecule has 2 heterocycles. The second kappa shape index (κ2) is 5.66. The number of hydrogen-bond acceptors (Lipinski definition) is 3. The molecule has 0 saturated carbocycles. The van der Waals surface area contributed by atoms with Crippen LogP contribution in [-0.2, 0) is 6.42 Å². The molecule has 5 nitrogen and oxygen atoms in total. The summed E-state index contributed by atoms with van der Waals surface area (Å²) >= 11 is 0. The predicted molar refractivity (Wildman–Crippen MR) is 80.1 cm³/mol. The molecule has 2 aromatic heterocycles. The maximum atomic E-state index is 12.3. The molecule has 0 bridgehead atoms. The topological polar surface area (TPSA) is 70.9 Å². The van der Waals surface area contributed by atoms with Crippen molar-refractivity contribution in [1.29, 1.82) is 0 Å². The summed E-state index contributed by atoms with van der Waals surface area (Å²) in [6.07, 6.45) is 3.91. The summed E-state index contributed by atoms with van der Waals surface area (Å²) in [4.78, 5) is 12.3. The van der Waals surface area contributed by atoms with Gasteiger partial charge in [-0.25, -0.2) is 0 Å². The summed E-state index contributed by atoms with van der Waals surface area (Å²) < 4.78 is 5.28. The van der Waals surface area contributed by atoms with Crippen LogP contribution in [0.3, 0.4) is 0 Å². The van der Waals surface area contributed by atoms with Crippen LogP contribution in [0.15, 0.2) is 53.3 Å². The highest BCUT2D eigenvalue weighted by Gasteiger charge is 2.13. The second-order valence-electron chi connectivity index (χ2n) is 4.62. The lowest BCUT2D eigenvalue weighted by Crippen LogP contribution is -2.12. The highest BCUT2D eigenvalue weighted by molar-refractivity contribution is 6.05. The van der Waals surface area contributed by atoms with Gasteiger partial charge in [0.05, 0.1) is 17.5 Å². The zero-order chi connectivity index (χ0) is 14.7. The van der Waals surface area contributed by atoms with E-state index in [2.05, 4.69) is 15.5 Å². The maximum Gasteiger partial charge on any atom is 0.259 e. The Bertz CT molecular complexity index is 744. The van der Waals surface area contributed by atoms with E-state index in [1.54, 1.807) is 12.3 Å². The van der Waals surface area contributed by atoms with Gasteiger partial charge in [0, 0.05) is 23.9 Å². The number of aryl methyl sites for hydroxylation is 1. The Kier molecular flexibility index (Phi) is 3.55. The molecule has 0 aliphatic carbocycles. The van der Waals surface area contributed by atoms with E-state index in [0.717, 1.165) is 16.9 Å². The number of H-pyrrole nitrogens is 1. The van der Waals surface area contributed by atoms with Gasteiger partial charge in [0.15, 0.2) is 0 Å². The molecule has 5 heteroatoms. The van der Waals surface area contributed by atoms with E-state index in [1.807, 2.05) is 37.3 Å². The summed E-state index contributed by atoms with van der Waals surface area (Å²) in [6, 6.07) is 11.2. The molecule has 0 unspecified atom stereocenters. The minimum atomic E-state index is -0.164. The molecule has 0 spiro atoms. The number of benzene rings is 1. The van der Waals surface area contributed by atoms with Crippen molar-refractivity contribution in [3.63, 3.8) is 0 Å². The Labute approximate surface area is 122 Å². The predicted octanol–water partition coefficient (Wildman–Crippen LogP) is 3.48. The normalized spacial score (nSPS) is 10.5. The van der Waals surface area contributed by atoms with Crippen molar-refractivity contribution in [2.45, 2.75) is 13.3 Å². The van der Waals surface area contributed by atoms with Crippen LogP contribution < -0.4 is 5.32 Å². The lowest BCUT2D eigenvalue weighted by atomic mass is 10.1. The number of anilines is 1. The molecule has 0 radical (unpaired) electrons. The van der Waals surface area contributed by atoms with Gasteiger partial charge in [0.2, 0.25) is 0 Å². The lowest BCUT2D eigenvalue weighted by Gasteiger charge is -2.06. The van der Waals surface area contributed by atoms with Crippen LogP contribution in [0.25, 0.3) is 11.3 Å². The van der Waals surface area contributed by atoms with Gasteiger partial charge >= 0.3 is 0 Å². The van der Waals surface area contributed by atoms with Crippen molar-refractivity contribution in [1.82, 2.24) is 10.2 Å². The van der Waals surface area contributed by atoms with Crippen LogP contribution in [0.4, 0.5) is 5.69 Å². The van der Waals surface area contributed by atoms with E-state index in [-0.39, 0.29) is 5.91 Å². The van der Waals surface area contributed by atoms with Crippen LogP contribution in [0, 0.1) is 0 Å². The third-order valence-electron chi connectivity index (χ3n) is 3.24. The second-order valence-corrected chi connectivity index (χ2v) is 4.62. The molecule has 0 fully saturated rings. The first-order valence-corrected chi connectivity index (χ1v) is 6.75. The Morgan fingerprint density at radius 2 is 2.24 bits per heavy atom. The number of aromatic nitrogens is 2. The molecule has 0 saturated heterocycles. The standard InChI is InChI=1S/C16H15N3O2/c1-2-15-13(7-9-21-15)16(20)18-12-5-3-4-11(10-12)14-6-8-17-19-14/h3-10H,2H2,1H3,(H,17,19)(H,18,20). The van der Waals surface area contributed by atoms with Gasteiger partial charge in [-0.3, -0.25) is 9.89 Å². The highest BCUT2D eigenvalue weighted by Crippen LogP contribution is 2.21. The van der Waals surface area contributed by atoms with E-state index in [1.165, 1.54) is 6.26 Å². The summed E-state index contributed by atoms with van der Waals surface area (Å²) in [5, 5.41) is 9.72. The summed E-state index contributed by atoms with van der Waals surface area (Å²) in [5.74, 6) is 0.527. The van der Waals surface area contributed by atoms with Crippen molar-refractivity contribution < 1.29 is 9.21 Å². The van der Waals surface area contributed by atoms with Gasteiger partial charge < -0.3 is 9.73 Å². The molecule has 3 rings (SSSR count). The number of carbonyl (C=O) groups excluding carboxylic acids is 1. The number of amides is 1. The number of furan rings is 1. The molecular weight excluding hydrogens is 266 g/mol. The van der Waals surface area contributed by atoms with Crippen molar-refractivity contribution >= 4 is 11.6 Å². The van der Waals surface area contributed by atoms with E-state index >= 15 is 0 Å². The minimum Gasteiger partial charge on any atom is -0.469 e. The number of rotatable bonds is 4. The van der Waals surface area contributed by atoms with Crippen molar-refractivity contribution in [3.05, 3.63) is 60.2 Å². The SMILES string of the molecule is CCc1occc1C(=O)Nc1cccc(-c2ccn[nH]2)c1. The lowest BCUT2D eigenvalue weighted by molar-refractivity contribution is 0.102. The molecule has 0 atom stereocenters. The third-order valence-corrected chi connectivity index (χ3v) is 3.24. The highest BCUT2D eigenvalue weighted by atomic mass is 16.3. The number of aromatic amines is 1. The van der Waals surface area contributed by atoms with Crippen LogP contribution in [-0.4, -0.2) is 16.1 Å². The number of nitrogens with one attached hydrogen (secondary N) is 2. The van der Waals surface area contributed by atoms with Crippen LogP contribution in [0.5, 0.6) is 0 Å². The van der Waals surface area contributed by atoms with Gasteiger partial charge in [0.25, 0.3) is 5.91 Å².